The predicted molar refractivity (Wildman–Crippen MR) is 87.4 cm³/mol. The minimum atomic E-state index is 0.0576. The molecule has 0 aliphatic carbocycles. The van der Waals surface area contributed by atoms with Gasteiger partial charge in [0.25, 0.3) is 0 Å². The monoisotopic (exact) mass is 331 g/mol. The third kappa shape index (κ3) is 4.33. The molecule has 1 N–H and O–H groups in total. The van der Waals surface area contributed by atoms with E-state index in [0.717, 1.165) is 48.1 Å². The average molecular weight is 332 g/mol. The summed E-state index contributed by atoms with van der Waals surface area (Å²) in [5.74, 6) is 0. The zero-order valence-corrected chi connectivity index (χ0v) is 14.1. The van der Waals surface area contributed by atoms with Crippen LogP contribution in [0.4, 0.5) is 0 Å². The van der Waals surface area contributed by atoms with Crippen LogP contribution in [0.3, 0.4) is 0 Å². The van der Waals surface area contributed by atoms with Gasteiger partial charge in [-0.05, 0) is 43.5 Å². The molecule has 0 bridgehead atoms. The molecule has 21 heavy (non-hydrogen) atoms. The quantitative estimate of drug-likeness (QED) is 0.775. The first-order valence-corrected chi connectivity index (χ1v) is 8.08. The van der Waals surface area contributed by atoms with Crippen LogP contribution in [0.25, 0.3) is 0 Å². The standard InChI is InChI=1S/C16H23Cl2NO2/c1-12-16(5-7-21-12,11-19-6-8-20-2)10-13-9-14(17)3-4-15(13)18/h3-4,9,12,19H,5-8,10-11H2,1-2H3. The summed E-state index contributed by atoms with van der Waals surface area (Å²) in [6, 6.07) is 5.66. The van der Waals surface area contributed by atoms with E-state index in [1.54, 1.807) is 7.11 Å². The predicted octanol–water partition coefficient (Wildman–Crippen LogP) is 3.57. The number of hydrogen-bond acceptors (Lipinski definition) is 3. The lowest BCUT2D eigenvalue weighted by Gasteiger charge is -2.33. The Balaban J connectivity index is 2.11. The normalized spacial score (nSPS) is 25.4. The number of benzene rings is 1. The highest BCUT2D eigenvalue weighted by Gasteiger charge is 2.41. The molecular weight excluding hydrogens is 309 g/mol. The van der Waals surface area contributed by atoms with Crippen LogP contribution < -0.4 is 5.32 Å². The molecule has 0 aromatic heterocycles. The zero-order valence-electron chi connectivity index (χ0n) is 12.6. The van der Waals surface area contributed by atoms with Gasteiger partial charge in [0, 0.05) is 42.3 Å². The first-order valence-electron chi connectivity index (χ1n) is 7.32. The number of hydrogen-bond donors (Lipinski definition) is 1. The molecule has 0 spiro atoms. The third-order valence-corrected chi connectivity index (χ3v) is 4.94. The van der Waals surface area contributed by atoms with E-state index in [2.05, 4.69) is 12.2 Å². The lowest BCUT2D eigenvalue weighted by molar-refractivity contribution is 0.0620. The molecule has 1 aromatic rings. The van der Waals surface area contributed by atoms with Crippen LogP contribution in [0.15, 0.2) is 18.2 Å². The van der Waals surface area contributed by atoms with E-state index in [1.807, 2.05) is 18.2 Å². The average Bonchev–Trinajstić information content (AvgIpc) is 2.81. The van der Waals surface area contributed by atoms with Crippen LogP contribution in [0.5, 0.6) is 0 Å². The summed E-state index contributed by atoms with van der Waals surface area (Å²) in [6.45, 7) is 5.38. The molecule has 2 rings (SSSR count). The number of methoxy groups -OCH3 is 1. The number of ether oxygens (including phenoxy) is 2. The van der Waals surface area contributed by atoms with E-state index < -0.39 is 0 Å². The van der Waals surface area contributed by atoms with Crippen molar-refractivity contribution in [2.75, 3.05) is 33.4 Å². The van der Waals surface area contributed by atoms with Crippen molar-refractivity contribution in [3.8, 4) is 0 Å². The summed E-state index contributed by atoms with van der Waals surface area (Å²) in [6.07, 6.45) is 2.09. The van der Waals surface area contributed by atoms with Crippen molar-refractivity contribution in [2.45, 2.75) is 25.9 Å². The van der Waals surface area contributed by atoms with Crippen molar-refractivity contribution >= 4 is 23.2 Å². The van der Waals surface area contributed by atoms with Gasteiger partial charge >= 0.3 is 0 Å². The molecule has 1 aliphatic rings. The topological polar surface area (TPSA) is 30.5 Å². The Kier molecular flexibility index (Phi) is 6.33. The van der Waals surface area contributed by atoms with Crippen molar-refractivity contribution in [3.63, 3.8) is 0 Å². The minimum absolute atomic E-state index is 0.0576. The molecule has 1 heterocycles. The minimum Gasteiger partial charge on any atom is -0.383 e. The Morgan fingerprint density at radius 3 is 2.90 bits per heavy atom. The zero-order chi connectivity index (χ0) is 15.3. The third-order valence-electron chi connectivity index (χ3n) is 4.34. The number of nitrogens with one attached hydrogen (secondary N) is 1. The molecule has 1 saturated heterocycles. The van der Waals surface area contributed by atoms with E-state index in [4.69, 9.17) is 32.7 Å². The molecule has 118 valence electrons. The van der Waals surface area contributed by atoms with Crippen LogP contribution in [0, 0.1) is 5.41 Å². The van der Waals surface area contributed by atoms with E-state index in [1.165, 1.54) is 0 Å². The number of halogens is 2. The fourth-order valence-electron chi connectivity index (χ4n) is 2.92. The second kappa shape index (κ2) is 7.80. The van der Waals surface area contributed by atoms with Gasteiger partial charge in [-0.1, -0.05) is 23.2 Å². The van der Waals surface area contributed by atoms with Crippen LogP contribution in [-0.4, -0.2) is 39.5 Å². The van der Waals surface area contributed by atoms with Crippen LogP contribution in [0.2, 0.25) is 10.0 Å². The van der Waals surface area contributed by atoms with Gasteiger partial charge in [-0.3, -0.25) is 0 Å². The van der Waals surface area contributed by atoms with Crippen molar-refractivity contribution in [1.29, 1.82) is 0 Å². The van der Waals surface area contributed by atoms with Crippen LogP contribution >= 0.6 is 23.2 Å². The molecule has 1 aromatic carbocycles. The second-order valence-corrected chi connectivity index (χ2v) is 6.55. The summed E-state index contributed by atoms with van der Waals surface area (Å²) >= 11 is 12.4. The summed E-state index contributed by atoms with van der Waals surface area (Å²) < 4.78 is 10.9. The van der Waals surface area contributed by atoms with Crippen molar-refractivity contribution in [1.82, 2.24) is 5.32 Å². The molecule has 3 nitrogen and oxygen atoms in total. The van der Waals surface area contributed by atoms with E-state index in [9.17, 15) is 0 Å². The summed E-state index contributed by atoms with van der Waals surface area (Å²) in [5.41, 5.74) is 1.15. The Bertz CT molecular complexity index is 470. The maximum absolute atomic E-state index is 6.33. The first kappa shape index (κ1) is 17.0. The SMILES string of the molecule is COCCNCC1(Cc2cc(Cl)ccc2Cl)CCOC1C. The van der Waals surface area contributed by atoms with Crippen molar-refractivity contribution in [3.05, 3.63) is 33.8 Å². The van der Waals surface area contributed by atoms with E-state index >= 15 is 0 Å². The Hall–Kier alpha value is -0.320. The molecule has 2 unspecified atom stereocenters. The molecule has 5 heteroatoms. The molecule has 0 radical (unpaired) electrons. The Labute approximate surface area is 136 Å². The lowest BCUT2D eigenvalue weighted by atomic mass is 9.76. The van der Waals surface area contributed by atoms with Gasteiger partial charge in [-0.15, -0.1) is 0 Å². The summed E-state index contributed by atoms with van der Waals surface area (Å²) in [7, 11) is 1.71. The van der Waals surface area contributed by atoms with E-state index in [0.29, 0.717) is 6.61 Å². The van der Waals surface area contributed by atoms with Crippen molar-refractivity contribution < 1.29 is 9.47 Å². The lowest BCUT2D eigenvalue weighted by Crippen LogP contribution is -2.42. The van der Waals surface area contributed by atoms with Gasteiger partial charge in [0.15, 0.2) is 0 Å². The smallest absolute Gasteiger partial charge is 0.0619 e. The van der Waals surface area contributed by atoms with Gasteiger partial charge in [0.1, 0.15) is 0 Å². The molecule has 0 saturated carbocycles. The maximum atomic E-state index is 6.33. The van der Waals surface area contributed by atoms with Gasteiger partial charge in [-0.25, -0.2) is 0 Å². The Morgan fingerprint density at radius 1 is 1.43 bits per heavy atom. The van der Waals surface area contributed by atoms with Gasteiger partial charge in [0.2, 0.25) is 0 Å². The van der Waals surface area contributed by atoms with Crippen LogP contribution in [-0.2, 0) is 15.9 Å². The first-order chi connectivity index (χ1) is 10.1. The second-order valence-electron chi connectivity index (χ2n) is 5.71. The van der Waals surface area contributed by atoms with Crippen molar-refractivity contribution in [2.24, 2.45) is 5.41 Å². The molecule has 2 atom stereocenters. The summed E-state index contributed by atoms with van der Waals surface area (Å²) in [5, 5.41) is 4.97. The molecule has 1 aliphatic heterocycles. The molecule has 1 fully saturated rings. The molecular formula is C16H23Cl2NO2. The molecule has 0 amide bonds. The highest BCUT2D eigenvalue weighted by molar-refractivity contribution is 6.33. The highest BCUT2D eigenvalue weighted by Crippen LogP contribution is 2.39. The fraction of sp³-hybridized carbons (Fsp3) is 0.625. The largest absolute Gasteiger partial charge is 0.383 e. The highest BCUT2D eigenvalue weighted by atomic mass is 35.5. The summed E-state index contributed by atoms with van der Waals surface area (Å²) in [4.78, 5) is 0. The van der Waals surface area contributed by atoms with Gasteiger partial charge in [0.05, 0.1) is 12.7 Å². The maximum Gasteiger partial charge on any atom is 0.0619 e. The number of rotatable bonds is 7. The van der Waals surface area contributed by atoms with E-state index in [-0.39, 0.29) is 11.5 Å². The Morgan fingerprint density at radius 2 is 2.24 bits per heavy atom. The van der Waals surface area contributed by atoms with Gasteiger partial charge in [-0.2, -0.15) is 0 Å². The van der Waals surface area contributed by atoms with Crippen LogP contribution in [0.1, 0.15) is 18.9 Å². The fourth-order valence-corrected chi connectivity index (χ4v) is 3.29. The van der Waals surface area contributed by atoms with Gasteiger partial charge < -0.3 is 14.8 Å².